The van der Waals surface area contributed by atoms with Crippen molar-refractivity contribution < 1.29 is 8.78 Å². The second-order valence-corrected chi connectivity index (χ2v) is 5.16. The third-order valence-corrected chi connectivity index (χ3v) is 3.74. The third-order valence-electron chi connectivity index (χ3n) is 3.44. The van der Waals surface area contributed by atoms with Crippen molar-refractivity contribution in [1.82, 2.24) is 4.90 Å². The lowest BCUT2D eigenvalue weighted by Crippen LogP contribution is -2.40. The van der Waals surface area contributed by atoms with Crippen LogP contribution in [0.4, 0.5) is 14.5 Å². The zero-order chi connectivity index (χ0) is 13.1. The zero-order valence-corrected chi connectivity index (χ0v) is 11.1. The molecule has 1 atom stereocenters. The van der Waals surface area contributed by atoms with E-state index in [1.807, 2.05) is 0 Å². The SMILES string of the molecule is CN1CCCCC1CNc1c(F)cc(F)cc1Cl. The van der Waals surface area contributed by atoms with Crippen LogP contribution in [0, 0.1) is 11.6 Å². The standard InChI is InChI=1S/C13H17ClF2N2/c1-18-5-3-2-4-10(18)8-17-13-11(14)6-9(15)7-12(13)16/h6-7,10,17H,2-5,8H2,1H3. The van der Waals surface area contributed by atoms with Crippen LogP contribution in [0.25, 0.3) is 0 Å². The summed E-state index contributed by atoms with van der Waals surface area (Å²) in [5.41, 5.74) is 0.192. The van der Waals surface area contributed by atoms with Crippen LogP contribution >= 0.6 is 11.6 Å². The first-order valence-corrected chi connectivity index (χ1v) is 6.54. The molecule has 0 saturated carbocycles. The van der Waals surface area contributed by atoms with Gasteiger partial charge in [-0.3, -0.25) is 0 Å². The van der Waals surface area contributed by atoms with Crippen molar-refractivity contribution in [2.75, 3.05) is 25.5 Å². The van der Waals surface area contributed by atoms with Gasteiger partial charge in [0.15, 0.2) is 5.82 Å². The number of benzene rings is 1. The first-order valence-electron chi connectivity index (χ1n) is 6.16. The monoisotopic (exact) mass is 274 g/mol. The quantitative estimate of drug-likeness (QED) is 0.907. The molecule has 1 aromatic carbocycles. The zero-order valence-electron chi connectivity index (χ0n) is 10.3. The molecule has 1 heterocycles. The smallest absolute Gasteiger partial charge is 0.150 e. The molecule has 0 aromatic heterocycles. The predicted molar refractivity (Wildman–Crippen MR) is 70.1 cm³/mol. The number of piperidine rings is 1. The molecule has 1 N–H and O–H groups in total. The van der Waals surface area contributed by atoms with E-state index in [0.29, 0.717) is 12.6 Å². The van der Waals surface area contributed by atoms with Gasteiger partial charge in [0.25, 0.3) is 0 Å². The van der Waals surface area contributed by atoms with Crippen LogP contribution in [0.5, 0.6) is 0 Å². The Hall–Kier alpha value is -0.870. The summed E-state index contributed by atoms with van der Waals surface area (Å²) in [7, 11) is 2.06. The maximum Gasteiger partial charge on any atom is 0.150 e. The molecule has 1 aliphatic heterocycles. The Balaban J connectivity index is 2.01. The largest absolute Gasteiger partial charge is 0.380 e. The van der Waals surface area contributed by atoms with Gasteiger partial charge in [-0.25, -0.2) is 8.78 Å². The van der Waals surface area contributed by atoms with E-state index >= 15 is 0 Å². The van der Waals surface area contributed by atoms with Gasteiger partial charge in [-0.05, 0) is 32.5 Å². The number of halogens is 3. The Labute approximate surface area is 111 Å². The van der Waals surface area contributed by atoms with E-state index in [1.165, 1.54) is 12.8 Å². The molecule has 100 valence electrons. The molecule has 18 heavy (non-hydrogen) atoms. The number of hydrogen-bond acceptors (Lipinski definition) is 2. The Bertz CT molecular complexity index is 402. The molecule has 1 aromatic rings. The number of hydrogen-bond donors (Lipinski definition) is 1. The normalized spacial score (nSPS) is 21.0. The average molecular weight is 275 g/mol. The highest BCUT2D eigenvalue weighted by molar-refractivity contribution is 6.33. The van der Waals surface area contributed by atoms with Gasteiger partial charge in [0.05, 0.1) is 10.7 Å². The van der Waals surface area contributed by atoms with Gasteiger partial charge in [-0.15, -0.1) is 0 Å². The lowest BCUT2D eigenvalue weighted by molar-refractivity contribution is 0.194. The Kier molecular flexibility index (Phi) is 4.40. The highest BCUT2D eigenvalue weighted by atomic mass is 35.5. The van der Waals surface area contributed by atoms with Crippen LogP contribution in [-0.2, 0) is 0 Å². The van der Waals surface area contributed by atoms with Crippen molar-refractivity contribution in [3.05, 3.63) is 28.8 Å². The average Bonchev–Trinajstić information content (AvgIpc) is 2.30. The molecule has 0 amide bonds. The molecule has 0 radical (unpaired) electrons. The molecular weight excluding hydrogens is 258 g/mol. The molecule has 0 aliphatic carbocycles. The molecule has 1 fully saturated rings. The number of anilines is 1. The van der Waals surface area contributed by atoms with Crippen LogP contribution in [0.1, 0.15) is 19.3 Å². The third kappa shape index (κ3) is 3.12. The van der Waals surface area contributed by atoms with Crippen LogP contribution in [0.15, 0.2) is 12.1 Å². The summed E-state index contributed by atoms with van der Waals surface area (Å²) in [6, 6.07) is 2.34. The molecule has 0 bridgehead atoms. The number of likely N-dealkylation sites (N-methyl/N-ethyl adjacent to an activating group) is 1. The summed E-state index contributed by atoms with van der Waals surface area (Å²) in [4.78, 5) is 2.26. The molecule has 2 rings (SSSR count). The second-order valence-electron chi connectivity index (χ2n) is 4.76. The van der Waals surface area contributed by atoms with Crippen molar-refractivity contribution in [3.63, 3.8) is 0 Å². The highest BCUT2D eigenvalue weighted by Crippen LogP contribution is 2.27. The van der Waals surface area contributed by atoms with E-state index in [9.17, 15) is 8.78 Å². The van der Waals surface area contributed by atoms with Gasteiger partial charge >= 0.3 is 0 Å². The van der Waals surface area contributed by atoms with Crippen LogP contribution in [0.3, 0.4) is 0 Å². The number of nitrogens with zero attached hydrogens (tertiary/aromatic N) is 1. The van der Waals surface area contributed by atoms with E-state index in [-0.39, 0.29) is 10.7 Å². The second kappa shape index (κ2) is 5.85. The number of rotatable bonds is 3. The van der Waals surface area contributed by atoms with E-state index < -0.39 is 11.6 Å². The summed E-state index contributed by atoms with van der Waals surface area (Å²) in [5, 5.41) is 3.08. The van der Waals surface area contributed by atoms with Gasteiger partial charge < -0.3 is 10.2 Å². The van der Waals surface area contributed by atoms with Gasteiger partial charge in [0.1, 0.15) is 5.82 Å². The minimum absolute atomic E-state index is 0.0889. The van der Waals surface area contributed by atoms with E-state index in [4.69, 9.17) is 11.6 Å². The van der Waals surface area contributed by atoms with Crippen molar-refractivity contribution in [3.8, 4) is 0 Å². The fourth-order valence-corrected chi connectivity index (χ4v) is 2.59. The fraction of sp³-hybridized carbons (Fsp3) is 0.538. The number of likely N-dealkylation sites (tertiary alicyclic amines) is 1. The summed E-state index contributed by atoms with van der Waals surface area (Å²) >= 11 is 5.83. The summed E-state index contributed by atoms with van der Waals surface area (Å²) in [5.74, 6) is -1.30. The first kappa shape index (κ1) is 13.6. The molecular formula is C13H17ClF2N2. The van der Waals surface area contributed by atoms with Gasteiger partial charge in [0, 0.05) is 18.7 Å². The molecule has 1 aliphatic rings. The maximum atomic E-state index is 13.6. The van der Waals surface area contributed by atoms with Crippen molar-refractivity contribution in [2.45, 2.75) is 25.3 Å². The van der Waals surface area contributed by atoms with Crippen molar-refractivity contribution in [2.24, 2.45) is 0 Å². The maximum absolute atomic E-state index is 13.6. The van der Waals surface area contributed by atoms with Crippen molar-refractivity contribution in [1.29, 1.82) is 0 Å². The van der Waals surface area contributed by atoms with Crippen LogP contribution in [-0.4, -0.2) is 31.1 Å². The predicted octanol–water partition coefficient (Wildman–Crippen LogP) is 3.51. The van der Waals surface area contributed by atoms with E-state index in [2.05, 4.69) is 17.3 Å². The lowest BCUT2D eigenvalue weighted by Gasteiger charge is -2.32. The minimum atomic E-state index is -0.655. The lowest BCUT2D eigenvalue weighted by atomic mass is 10.0. The van der Waals surface area contributed by atoms with Gasteiger partial charge in [-0.1, -0.05) is 18.0 Å². The molecule has 1 saturated heterocycles. The minimum Gasteiger partial charge on any atom is -0.380 e. The summed E-state index contributed by atoms with van der Waals surface area (Å²) in [6.07, 6.45) is 3.49. The van der Waals surface area contributed by atoms with E-state index in [0.717, 1.165) is 25.1 Å². The molecule has 2 nitrogen and oxygen atoms in total. The van der Waals surface area contributed by atoms with Crippen molar-refractivity contribution >= 4 is 17.3 Å². The molecule has 1 unspecified atom stereocenters. The van der Waals surface area contributed by atoms with Crippen LogP contribution < -0.4 is 5.32 Å². The topological polar surface area (TPSA) is 15.3 Å². The summed E-state index contributed by atoms with van der Waals surface area (Å²) < 4.78 is 26.5. The Morgan fingerprint density at radius 2 is 2.17 bits per heavy atom. The molecule has 0 spiro atoms. The Morgan fingerprint density at radius 1 is 1.39 bits per heavy atom. The highest BCUT2D eigenvalue weighted by Gasteiger charge is 2.19. The number of nitrogens with one attached hydrogen (secondary N) is 1. The first-order chi connectivity index (χ1) is 8.58. The summed E-state index contributed by atoms with van der Waals surface area (Å²) in [6.45, 7) is 1.69. The van der Waals surface area contributed by atoms with Crippen LogP contribution in [0.2, 0.25) is 5.02 Å². The fourth-order valence-electron chi connectivity index (χ4n) is 2.33. The molecule has 5 heteroatoms. The van der Waals surface area contributed by atoms with E-state index in [1.54, 1.807) is 0 Å². The van der Waals surface area contributed by atoms with Gasteiger partial charge in [0.2, 0.25) is 0 Å². The Morgan fingerprint density at radius 3 is 2.83 bits per heavy atom. The van der Waals surface area contributed by atoms with Gasteiger partial charge in [-0.2, -0.15) is 0 Å².